The second-order valence-electron chi connectivity index (χ2n) is 4.95. The summed E-state index contributed by atoms with van der Waals surface area (Å²) < 4.78 is 0. The molecule has 1 spiro atoms. The van der Waals surface area contributed by atoms with Gasteiger partial charge in [0.1, 0.15) is 11.6 Å². The van der Waals surface area contributed by atoms with Crippen molar-refractivity contribution in [2.24, 2.45) is 5.41 Å². The molecule has 17 heavy (non-hydrogen) atoms. The zero-order chi connectivity index (χ0) is 12.0. The molecule has 2 aliphatic carbocycles. The van der Waals surface area contributed by atoms with Crippen LogP contribution < -0.4 is 0 Å². The van der Waals surface area contributed by atoms with Gasteiger partial charge in [-0.1, -0.05) is 29.8 Å². The van der Waals surface area contributed by atoms with Gasteiger partial charge in [0.25, 0.3) is 0 Å². The number of ketones is 2. The lowest BCUT2D eigenvalue weighted by atomic mass is 9.81. The predicted octanol–water partition coefficient (Wildman–Crippen LogP) is 3.14. The van der Waals surface area contributed by atoms with Crippen molar-refractivity contribution >= 4 is 23.2 Å². The summed E-state index contributed by atoms with van der Waals surface area (Å²) in [6.45, 7) is 0. The third kappa shape index (κ3) is 1.47. The van der Waals surface area contributed by atoms with Crippen molar-refractivity contribution in [3.05, 3.63) is 34.9 Å². The first-order chi connectivity index (χ1) is 8.16. The van der Waals surface area contributed by atoms with Gasteiger partial charge in [0.05, 0.1) is 5.41 Å². The maximum Gasteiger partial charge on any atom is 0.147 e. The van der Waals surface area contributed by atoms with Gasteiger partial charge >= 0.3 is 0 Å². The lowest BCUT2D eigenvalue weighted by molar-refractivity contribution is -0.137. The Labute approximate surface area is 105 Å². The van der Waals surface area contributed by atoms with Gasteiger partial charge in [0, 0.05) is 23.8 Å². The first-order valence-electron chi connectivity index (χ1n) is 5.97. The molecule has 0 N–H and O–H groups in total. The highest BCUT2D eigenvalue weighted by molar-refractivity contribution is 6.31. The van der Waals surface area contributed by atoms with E-state index in [9.17, 15) is 9.59 Å². The van der Waals surface area contributed by atoms with E-state index in [2.05, 4.69) is 0 Å². The average Bonchev–Trinajstić information content (AvgIpc) is 3.04. The Morgan fingerprint density at radius 2 is 1.76 bits per heavy atom. The molecule has 2 aliphatic rings. The number of hydrogen-bond donors (Lipinski definition) is 0. The molecule has 88 valence electrons. The van der Waals surface area contributed by atoms with Gasteiger partial charge < -0.3 is 0 Å². The van der Waals surface area contributed by atoms with Gasteiger partial charge in [-0.3, -0.25) is 9.59 Å². The molecule has 1 unspecified atom stereocenters. The molecule has 1 atom stereocenters. The summed E-state index contributed by atoms with van der Waals surface area (Å²) in [5, 5.41) is 0.667. The summed E-state index contributed by atoms with van der Waals surface area (Å²) >= 11 is 6.13. The third-order valence-electron chi connectivity index (χ3n) is 4.04. The van der Waals surface area contributed by atoms with Crippen LogP contribution in [-0.4, -0.2) is 11.6 Å². The van der Waals surface area contributed by atoms with Gasteiger partial charge in [-0.15, -0.1) is 0 Å². The molecule has 0 amide bonds. The van der Waals surface area contributed by atoms with E-state index in [1.165, 1.54) is 0 Å². The van der Waals surface area contributed by atoms with E-state index < -0.39 is 5.41 Å². The summed E-state index contributed by atoms with van der Waals surface area (Å²) in [7, 11) is 0. The Bertz CT molecular complexity index is 491. The number of benzene rings is 1. The van der Waals surface area contributed by atoms with Crippen molar-refractivity contribution in [1.82, 2.24) is 0 Å². The zero-order valence-electron chi connectivity index (χ0n) is 9.41. The van der Waals surface area contributed by atoms with Crippen molar-refractivity contribution < 1.29 is 9.59 Å². The molecule has 2 saturated carbocycles. The van der Waals surface area contributed by atoms with E-state index >= 15 is 0 Å². The third-order valence-corrected chi connectivity index (χ3v) is 4.39. The molecule has 0 aromatic heterocycles. The maximum atomic E-state index is 12.0. The lowest BCUT2D eigenvalue weighted by Gasteiger charge is -2.20. The minimum Gasteiger partial charge on any atom is -0.299 e. The normalized spacial score (nSPS) is 26.3. The van der Waals surface area contributed by atoms with E-state index in [0.717, 1.165) is 5.56 Å². The van der Waals surface area contributed by atoms with Gasteiger partial charge in [0.15, 0.2) is 0 Å². The fourth-order valence-corrected chi connectivity index (χ4v) is 3.29. The van der Waals surface area contributed by atoms with Crippen LogP contribution in [0.3, 0.4) is 0 Å². The van der Waals surface area contributed by atoms with Crippen LogP contribution in [0.15, 0.2) is 24.3 Å². The first-order valence-corrected chi connectivity index (χ1v) is 6.35. The van der Waals surface area contributed by atoms with Crippen LogP contribution in [0.5, 0.6) is 0 Å². The molecule has 3 rings (SSSR count). The molecular weight excluding hydrogens is 236 g/mol. The Balaban J connectivity index is 1.97. The van der Waals surface area contributed by atoms with E-state index in [1.807, 2.05) is 24.3 Å². The van der Waals surface area contributed by atoms with Crippen molar-refractivity contribution in [1.29, 1.82) is 0 Å². The molecule has 3 heteroatoms. The van der Waals surface area contributed by atoms with Crippen LogP contribution in [0.2, 0.25) is 5.02 Å². The van der Waals surface area contributed by atoms with E-state index in [4.69, 9.17) is 11.6 Å². The quantitative estimate of drug-likeness (QED) is 0.716. The second-order valence-corrected chi connectivity index (χ2v) is 5.36. The monoisotopic (exact) mass is 248 g/mol. The molecule has 1 aromatic carbocycles. The Kier molecular flexibility index (Phi) is 2.37. The maximum absolute atomic E-state index is 12.0. The zero-order valence-corrected chi connectivity index (χ0v) is 10.2. The van der Waals surface area contributed by atoms with Gasteiger partial charge in [-0.2, -0.15) is 0 Å². The van der Waals surface area contributed by atoms with Crippen LogP contribution in [-0.2, 0) is 9.59 Å². The summed E-state index contributed by atoms with van der Waals surface area (Å²) in [4.78, 5) is 24.0. The summed E-state index contributed by atoms with van der Waals surface area (Å²) in [6.07, 6.45) is 2.47. The van der Waals surface area contributed by atoms with Crippen LogP contribution >= 0.6 is 11.6 Å². The lowest BCUT2D eigenvalue weighted by Crippen LogP contribution is -2.31. The van der Waals surface area contributed by atoms with E-state index in [0.29, 0.717) is 30.7 Å². The van der Waals surface area contributed by atoms with Crippen LogP contribution in [0, 0.1) is 5.41 Å². The summed E-state index contributed by atoms with van der Waals surface area (Å²) in [5.74, 6) is 0.272. The second kappa shape index (κ2) is 3.67. The Morgan fingerprint density at radius 3 is 2.41 bits per heavy atom. The Morgan fingerprint density at radius 1 is 1.12 bits per heavy atom. The number of hydrogen-bond acceptors (Lipinski definition) is 2. The van der Waals surface area contributed by atoms with Crippen LogP contribution in [0.25, 0.3) is 0 Å². The van der Waals surface area contributed by atoms with E-state index in [1.54, 1.807) is 0 Å². The summed E-state index contributed by atoms with van der Waals surface area (Å²) in [5.41, 5.74) is 0.251. The predicted molar refractivity (Wildman–Crippen MR) is 65.1 cm³/mol. The molecule has 0 heterocycles. The minimum absolute atomic E-state index is 0.0245. The smallest absolute Gasteiger partial charge is 0.147 e. The van der Waals surface area contributed by atoms with Crippen molar-refractivity contribution in [2.45, 2.75) is 31.6 Å². The molecular formula is C14H13ClO2. The van der Waals surface area contributed by atoms with Gasteiger partial charge in [0.2, 0.25) is 0 Å². The minimum atomic E-state index is -0.705. The molecule has 0 bridgehead atoms. The first kappa shape index (κ1) is 11.0. The highest BCUT2D eigenvalue weighted by atomic mass is 35.5. The molecule has 0 aliphatic heterocycles. The fraction of sp³-hybridized carbons (Fsp3) is 0.429. The van der Waals surface area contributed by atoms with Crippen molar-refractivity contribution in [3.63, 3.8) is 0 Å². The fourth-order valence-electron chi connectivity index (χ4n) is 3.02. The van der Waals surface area contributed by atoms with Crippen molar-refractivity contribution in [2.75, 3.05) is 0 Å². The molecule has 0 saturated heterocycles. The standard InChI is InChI=1S/C14H13ClO2/c15-11-5-2-1-4-9(11)10-8-14(10)12(16)6-3-7-13(14)17/h1-2,4-5,10H,3,6-8H2. The number of Topliss-reactive ketones (excluding diaryl/α,β-unsaturated/α-hetero) is 2. The van der Waals surface area contributed by atoms with Crippen molar-refractivity contribution in [3.8, 4) is 0 Å². The average molecular weight is 249 g/mol. The number of carbonyl (C=O) groups excluding carboxylic acids is 2. The number of halogens is 1. The topological polar surface area (TPSA) is 34.1 Å². The highest BCUT2D eigenvalue weighted by Crippen LogP contribution is 2.63. The molecule has 0 radical (unpaired) electrons. The van der Waals surface area contributed by atoms with E-state index in [-0.39, 0.29) is 17.5 Å². The summed E-state index contributed by atoms with van der Waals surface area (Å²) in [6, 6.07) is 7.52. The molecule has 2 nitrogen and oxygen atoms in total. The molecule has 1 aromatic rings. The van der Waals surface area contributed by atoms with Gasteiger partial charge in [-0.25, -0.2) is 0 Å². The van der Waals surface area contributed by atoms with Crippen LogP contribution in [0.4, 0.5) is 0 Å². The highest BCUT2D eigenvalue weighted by Gasteiger charge is 2.65. The Hall–Kier alpha value is -1.15. The largest absolute Gasteiger partial charge is 0.299 e. The number of carbonyl (C=O) groups is 2. The number of rotatable bonds is 1. The van der Waals surface area contributed by atoms with Crippen LogP contribution in [0.1, 0.15) is 37.2 Å². The SMILES string of the molecule is O=C1CCCC(=O)C12CC2c1ccccc1Cl. The van der Waals surface area contributed by atoms with Gasteiger partial charge in [-0.05, 0) is 24.5 Å². The molecule has 2 fully saturated rings.